The standard InChI is InChI=1S/C19H26N2O4/c22-18(21-11-1-2-12-21)9-10-20-19(23)15-5-7-16(8-6-15)25-14-17-4-3-13-24-17/h5-8,17H,1-4,9-14H2,(H,20,23)/t17-/m0/s1. The summed E-state index contributed by atoms with van der Waals surface area (Å²) >= 11 is 0. The van der Waals surface area contributed by atoms with Gasteiger partial charge in [0, 0.05) is 38.2 Å². The topological polar surface area (TPSA) is 67.9 Å². The number of hydrogen-bond donors (Lipinski definition) is 1. The zero-order chi connectivity index (χ0) is 17.5. The van der Waals surface area contributed by atoms with Crippen molar-refractivity contribution in [1.82, 2.24) is 10.2 Å². The third-order valence-electron chi connectivity index (χ3n) is 4.66. The lowest BCUT2D eigenvalue weighted by atomic mass is 10.2. The summed E-state index contributed by atoms with van der Waals surface area (Å²) < 4.78 is 11.2. The Kier molecular flexibility index (Phi) is 6.28. The first-order valence-electron chi connectivity index (χ1n) is 9.13. The van der Waals surface area contributed by atoms with Gasteiger partial charge < -0.3 is 19.7 Å². The van der Waals surface area contributed by atoms with E-state index in [9.17, 15) is 9.59 Å². The molecular formula is C19H26N2O4. The summed E-state index contributed by atoms with van der Waals surface area (Å²) in [5, 5.41) is 2.80. The molecule has 0 bridgehead atoms. The molecule has 0 spiro atoms. The maximum Gasteiger partial charge on any atom is 0.251 e. The highest BCUT2D eigenvalue weighted by atomic mass is 16.5. The molecule has 2 aliphatic heterocycles. The molecule has 1 aromatic carbocycles. The molecule has 2 fully saturated rings. The van der Waals surface area contributed by atoms with Crippen LogP contribution in [0.1, 0.15) is 42.5 Å². The van der Waals surface area contributed by atoms with Crippen LogP contribution in [0.4, 0.5) is 0 Å². The Balaban J connectivity index is 1.38. The Morgan fingerprint density at radius 1 is 1.16 bits per heavy atom. The number of amides is 2. The highest BCUT2D eigenvalue weighted by Gasteiger charge is 2.18. The van der Waals surface area contributed by atoms with Crippen LogP contribution in [0.25, 0.3) is 0 Å². The molecule has 2 heterocycles. The second-order valence-corrected chi connectivity index (χ2v) is 6.56. The smallest absolute Gasteiger partial charge is 0.251 e. The monoisotopic (exact) mass is 346 g/mol. The number of benzene rings is 1. The van der Waals surface area contributed by atoms with Crippen molar-refractivity contribution in [2.24, 2.45) is 0 Å². The molecule has 2 saturated heterocycles. The van der Waals surface area contributed by atoms with Crippen LogP contribution in [-0.2, 0) is 9.53 Å². The number of nitrogens with one attached hydrogen (secondary N) is 1. The van der Waals surface area contributed by atoms with Crippen molar-refractivity contribution in [3.05, 3.63) is 29.8 Å². The molecule has 1 aromatic rings. The van der Waals surface area contributed by atoms with E-state index in [2.05, 4.69) is 5.32 Å². The van der Waals surface area contributed by atoms with Crippen molar-refractivity contribution < 1.29 is 19.1 Å². The van der Waals surface area contributed by atoms with E-state index in [1.807, 2.05) is 4.90 Å². The molecule has 0 aromatic heterocycles. The Labute approximate surface area is 148 Å². The molecular weight excluding hydrogens is 320 g/mol. The summed E-state index contributed by atoms with van der Waals surface area (Å²) in [7, 11) is 0. The Morgan fingerprint density at radius 3 is 2.60 bits per heavy atom. The van der Waals surface area contributed by atoms with Crippen LogP contribution in [-0.4, -0.2) is 55.7 Å². The van der Waals surface area contributed by atoms with Crippen LogP contribution in [0.2, 0.25) is 0 Å². The average Bonchev–Trinajstić information content (AvgIpc) is 3.34. The van der Waals surface area contributed by atoms with Crippen LogP contribution in [0, 0.1) is 0 Å². The normalized spacial score (nSPS) is 19.8. The summed E-state index contributed by atoms with van der Waals surface area (Å²) in [6, 6.07) is 7.06. The second-order valence-electron chi connectivity index (χ2n) is 6.56. The first kappa shape index (κ1) is 17.7. The number of ether oxygens (including phenoxy) is 2. The Hall–Kier alpha value is -2.08. The average molecular weight is 346 g/mol. The highest BCUT2D eigenvalue weighted by Crippen LogP contribution is 2.16. The molecule has 3 rings (SSSR count). The van der Waals surface area contributed by atoms with Crippen molar-refractivity contribution in [2.75, 3.05) is 32.8 Å². The Bertz CT molecular complexity index is 576. The van der Waals surface area contributed by atoms with Crippen LogP contribution < -0.4 is 10.1 Å². The van der Waals surface area contributed by atoms with Gasteiger partial charge in [0.2, 0.25) is 5.91 Å². The molecule has 1 atom stereocenters. The van der Waals surface area contributed by atoms with Gasteiger partial charge in [0.1, 0.15) is 12.4 Å². The molecule has 136 valence electrons. The van der Waals surface area contributed by atoms with E-state index in [1.165, 1.54) is 0 Å². The number of carbonyl (C=O) groups is 2. The van der Waals surface area contributed by atoms with Crippen molar-refractivity contribution in [3.8, 4) is 5.75 Å². The number of nitrogens with zero attached hydrogens (tertiary/aromatic N) is 1. The molecule has 2 aliphatic rings. The maximum absolute atomic E-state index is 12.1. The van der Waals surface area contributed by atoms with E-state index in [-0.39, 0.29) is 17.9 Å². The van der Waals surface area contributed by atoms with Gasteiger partial charge in [0.05, 0.1) is 6.10 Å². The number of carbonyl (C=O) groups excluding carboxylic acids is 2. The van der Waals surface area contributed by atoms with Gasteiger partial charge in [-0.15, -0.1) is 0 Å². The van der Waals surface area contributed by atoms with Gasteiger partial charge in [-0.3, -0.25) is 9.59 Å². The van der Waals surface area contributed by atoms with Crippen molar-refractivity contribution in [2.45, 2.75) is 38.2 Å². The fourth-order valence-electron chi connectivity index (χ4n) is 3.18. The zero-order valence-electron chi connectivity index (χ0n) is 14.5. The predicted molar refractivity (Wildman–Crippen MR) is 93.7 cm³/mol. The lowest BCUT2D eigenvalue weighted by molar-refractivity contribution is -0.129. The molecule has 2 amide bonds. The summed E-state index contributed by atoms with van der Waals surface area (Å²) in [6.07, 6.45) is 4.83. The van der Waals surface area contributed by atoms with Crippen LogP contribution in [0.15, 0.2) is 24.3 Å². The molecule has 6 nitrogen and oxygen atoms in total. The van der Waals surface area contributed by atoms with E-state index in [0.29, 0.717) is 25.1 Å². The molecule has 0 aliphatic carbocycles. The van der Waals surface area contributed by atoms with Crippen LogP contribution in [0.5, 0.6) is 5.75 Å². The molecule has 25 heavy (non-hydrogen) atoms. The van der Waals surface area contributed by atoms with E-state index in [4.69, 9.17) is 9.47 Å². The van der Waals surface area contributed by atoms with E-state index >= 15 is 0 Å². The van der Waals surface area contributed by atoms with Gasteiger partial charge in [-0.25, -0.2) is 0 Å². The van der Waals surface area contributed by atoms with Crippen LogP contribution >= 0.6 is 0 Å². The second kappa shape index (κ2) is 8.85. The first-order chi connectivity index (χ1) is 12.2. The lowest BCUT2D eigenvalue weighted by Gasteiger charge is -2.15. The number of likely N-dealkylation sites (tertiary alicyclic amines) is 1. The minimum Gasteiger partial charge on any atom is -0.491 e. The van der Waals surface area contributed by atoms with Gasteiger partial charge in [-0.1, -0.05) is 0 Å². The van der Waals surface area contributed by atoms with Crippen molar-refractivity contribution >= 4 is 11.8 Å². The minimum atomic E-state index is -0.167. The Morgan fingerprint density at radius 2 is 1.92 bits per heavy atom. The minimum absolute atomic E-state index is 0.121. The summed E-state index contributed by atoms with van der Waals surface area (Å²) in [5.74, 6) is 0.687. The quantitative estimate of drug-likeness (QED) is 0.820. The highest BCUT2D eigenvalue weighted by molar-refractivity contribution is 5.94. The zero-order valence-corrected chi connectivity index (χ0v) is 14.5. The molecule has 6 heteroatoms. The fraction of sp³-hybridized carbons (Fsp3) is 0.579. The molecule has 0 unspecified atom stereocenters. The first-order valence-corrected chi connectivity index (χ1v) is 9.13. The van der Waals surface area contributed by atoms with Crippen molar-refractivity contribution in [3.63, 3.8) is 0 Å². The van der Waals surface area contributed by atoms with Gasteiger partial charge in [-0.05, 0) is 49.9 Å². The van der Waals surface area contributed by atoms with Crippen molar-refractivity contribution in [1.29, 1.82) is 0 Å². The van der Waals surface area contributed by atoms with Gasteiger partial charge in [0.15, 0.2) is 0 Å². The third-order valence-corrected chi connectivity index (χ3v) is 4.66. The van der Waals surface area contributed by atoms with Gasteiger partial charge >= 0.3 is 0 Å². The van der Waals surface area contributed by atoms with Crippen LogP contribution in [0.3, 0.4) is 0 Å². The summed E-state index contributed by atoms with van der Waals surface area (Å²) in [6.45, 7) is 3.42. The summed E-state index contributed by atoms with van der Waals surface area (Å²) in [5.41, 5.74) is 0.568. The molecule has 0 radical (unpaired) electrons. The number of hydrogen-bond acceptors (Lipinski definition) is 4. The predicted octanol–water partition coefficient (Wildman–Crippen LogP) is 1.99. The number of rotatable bonds is 7. The third kappa shape index (κ3) is 5.19. The van der Waals surface area contributed by atoms with Gasteiger partial charge in [-0.2, -0.15) is 0 Å². The van der Waals surface area contributed by atoms with Gasteiger partial charge in [0.25, 0.3) is 5.91 Å². The lowest BCUT2D eigenvalue weighted by Crippen LogP contribution is -2.32. The van der Waals surface area contributed by atoms with E-state index in [1.54, 1.807) is 24.3 Å². The SMILES string of the molecule is O=C(NCCC(=O)N1CCCC1)c1ccc(OC[C@@H]2CCCO2)cc1. The largest absolute Gasteiger partial charge is 0.491 e. The molecule has 1 N–H and O–H groups in total. The maximum atomic E-state index is 12.1. The fourth-order valence-corrected chi connectivity index (χ4v) is 3.18. The van der Waals surface area contributed by atoms with E-state index < -0.39 is 0 Å². The summed E-state index contributed by atoms with van der Waals surface area (Å²) in [4.78, 5) is 25.9. The molecule has 0 saturated carbocycles. The van der Waals surface area contributed by atoms with E-state index in [0.717, 1.165) is 51.1 Å².